The SMILES string of the molecule is O=C(NCC1CC1)c1ccn(Cn2cc(Br)cn2)n1. The molecule has 0 unspecified atom stereocenters. The van der Waals surface area contributed by atoms with Gasteiger partial charge in [-0.2, -0.15) is 10.2 Å². The number of halogens is 1. The topological polar surface area (TPSA) is 64.7 Å². The van der Waals surface area contributed by atoms with Gasteiger partial charge in [0, 0.05) is 18.9 Å². The van der Waals surface area contributed by atoms with Gasteiger partial charge in [-0.25, -0.2) is 4.68 Å². The van der Waals surface area contributed by atoms with Gasteiger partial charge in [-0.05, 0) is 40.8 Å². The first-order chi connectivity index (χ1) is 9.20. The van der Waals surface area contributed by atoms with Crippen molar-refractivity contribution in [2.24, 2.45) is 5.92 Å². The van der Waals surface area contributed by atoms with Crippen molar-refractivity contribution >= 4 is 21.8 Å². The van der Waals surface area contributed by atoms with Gasteiger partial charge in [0.25, 0.3) is 5.91 Å². The molecular formula is C12H14BrN5O. The van der Waals surface area contributed by atoms with E-state index in [1.165, 1.54) is 12.8 Å². The molecule has 7 heteroatoms. The predicted octanol–water partition coefficient (Wildman–Crippen LogP) is 1.49. The number of carbonyl (C=O) groups excluding carboxylic acids is 1. The van der Waals surface area contributed by atoms with Gasteiger partial charge >= 0.3 is 0 Å². The van der Waals surface area contributed by atoms with E-state index in [1.807, 2.05) is 6.20 Å². The number of nitrogens with one attached hydrogen (secondary N) is 1. The number of aromatic nitrogens is 4. The molecule has 0 spiro atoms. The molecule has 6 nitrogen and oxygen atoms in total. The lowest BCUT2D eigenvalue weighted by molar-refractivity contribution is 0.0946. The van der Waals surface area contributed by atoms with Crippen LogP contribution in [0.3, 0.4) is 0 Å². The summed E-state index contributed by atoms with van der Waals surface area (Å²) in [5, 5.41) is 11.3. The quantitative estimate of drug-likeness (QED) is 0.906. The number of hydrogen-bond donors (Lipinski definition) is 1. The van der Waals surface area contributed by atoms with E-state index < -0.39 is 0 Å². The minimum atomic E-state index is -0.104. The molecule has 0 bridgehead atoms. The Balaban J connectivity index is 1.60. The van der Waals surface area contributed by atoms with E-state index in [0.29, 0.717) is 18.3 Å². The van der Waals surface area contributed by atoms with Crippen molar-refractivity contribution < 1.29 is 4.79 Å². The van der Waals surface area contributed by atoms with Crippen molar-refractivity contribution in [3.63, 3.8) is 0 Å². The van der Waals surface area contributed by atoms with E-state index in [4.69, 9.17) is 0 Å². The lowest BCUT2D eigenvalue weighted by Gasteiger charge is -2.02. The van der Waals surface area contributed by atoms with E-state index in [2.05, 4.69) is 31.4 Å². The highest BCUT2D eigenvalue weighted by atomic mass is 79.9. The van der Waals surface area contributed by atoms with Crippen LogP contribution in [0, 0.1) is 5.92 Å². The summed E-state index contributed by atoms with van der Waals surface area (Å²) in [5.41, 5.74) is 0.451. The van der Waals surface area contributed by atoms with Crippen LogP contribution in [0.5, 0.6) is 0 Å². The van der Waals surface area contributed by atoms with E-state index in [9.17, 15) is 4.79 Å². The van der Waals surface area contributed by atoms with Gasteiger partial charge in [0.2, 0.25) is 0 Å². The monoisotopic (exact) mass is 323 g/mol. The first-order valence-corrected chi connectivity index (χ1v) is 6.99. The van der Waals surface area contributed by atoms with Crippen LogP contribution in [-0.2, 0) is 6.67 Å². The van der Waals surface area contributed by atoms with Crippen molar-refractivity contribution in [2.75, 3.05) is 6.54 Å². The molecule has 100 valence electrons. The maximum absolute atomic E-state index is 11.8. The summed E-state index contributed by atoms with van der Waals surface area (Å²) in [6, 6.07) is 1.72. The number of carbonyl (C=O) groups is 1. The second-order valence-corrected chi connectivity index (χ2v) is 5.65. The highest BCUT2D eigenvalue weighted by molar-refractivity contribution is 9.10. The molecule has 19 heavy (non-hydrogen) atoms. The zero-order valence-electron chi connectivity index (χ0n) is 10.3. The summed E-state index contributed by atoms with van der Waals surface area (Å²) in [7, 11) is 0. The van der Waals surface area contributed by atoms with Crippen molar-refractivity contribution in [2.45, 2.75) is 19.5 Å². The molecule has 0 atom stereocenters. The van der Waals surface area contributed by atoms with Gasteiger partial charge < -0.3 is 5.32 Å². The smallest absolute Gasteiger partial charge is 0.271 e. The summed E-state index contributed by atoms with van der Waals surface area (Å²) in [6.45, 7) is 1.25. The van der Waals surface area contributed by atoms with Gasteiger partial charge in [-0.15, -0.1) is 0 Å². The number of rotatable bonds is 5. The second kappa shape index (κ2) is 5.16. The largest absolute Gasteiger partial charge is 0.350 e. The molecule has 1 N–H and O–H groups in total. The third-order valence-electron chi connectivity index (χ3n) is 3.01. The molecule has 2 aromatic rings. The molecule has 1 amide bonds. The molecule has 0 saturated heterocycles. The summed E-state index contributed by atoms with van der Waals surface area (Å²) in [6.07, 6.45) is 7.80. The predicted molar refractivity (Wildman–Crippen MR) is 72.6 cm³/mol. The molecule has 0 radical (unpaired) electrons. The van der Waals surface area contributed by atoms with Crippen LogP contribution >= 0.6 is 15.9 Å². The Morgan fingerprint density at radius 2 is 2.32 bits per heavy atom. The van der Waals surface area contributed by atoms with Crippen LogP contribution < -0.4 is 5.32 Å². The fourth-order valence-electron chi connectivity index (χ4n) is 1.78. The standard InChI is InChI=1S/C12H14BrN5O/c13-10-6-15-18(7-10)8-17-4-3-11(16-17)12(19)14-5-9-1-2-9/h3-4,6-7,9H,1-2,5,8H2,(H,14,19). The van der Waals surface area contributed by atoms with Gasteiger partial charge in [0.1, 0.15) is 12.4 Å². The summed E-state index contributed by atoms with van der Waals surface area (Å²) in [5.74, 6) is 0.569. The average molecular weight is 324 g/mol. The first-order valence-electron chi connectivity index (χ1n) is 6.20. The van der Waals surface area contributed by atoms with Gasteiger partial charge in [0.15, 0.2) is 0 Å². The van der Waals surface area contributed by atoms with Gasteiger partial charge in [-0.1, -0.05) is 0 Å². The Morgan fingerprint density at radius 1 is 1.47 bits per heavy atom. The van der Waals surface area contributed by atoms with Crippen LogP contribution in [0.2, 0.25) is 0 Å². The maximum atomic E-state index is 11.8. The van der Waals surface area contributed by atoms with E-state index >= 15 is 0 Å². The van der Waals surface area contributed by atoms with Gasteiger partial charge in [0.05, 0.1) is 10.7 Å². The molecule has 0 aromatic carbocycles. The van der Waals surface area contributed by atoms with E-state index in [0.717, 1.165) is 11.0 Å². The molecule has 0 aliphatic heterocycles. The fraction of sp³-hybridized carbons (Fsp3) is 0.417. The third kappa shape index (κ3) is 3.23. The van der Waals surface area contributed by atoms with E-state index in [-0.39, 0.29) is 5.91 Å². The minimum Gasteiger partial charge on any atom is -0.350 e. The molecule has 1 aliphatic rings. The van der Waals surface area contributed by atoms with Crippen molar-refractivity contribution in [3.05, 3.63) is 34.8 Å². The maximum Gasteiger partial charge on any atom is 0.271 e. The van der Waals surface area contributed by atoms with Crippen molar-refractivity contribution in [1.82, 2.24) is 24.9 Å². The summed E-state index contributed by atoms with van der Waals surface area (Å²) in [4.78, 5) is 11.8. The molecule has 3 rings (SSSR count). The Bertz CT molecular complexity index is 586. The van der Waals surface area contributed by atoms with Crippen molar-refractivity contribution in [1.29, 1.82) is 0 Å². The molecule has 1 saturated carbocycles. The van der Waals surface area contributed by atoms with Crippen molar-refractivity contribution in [3.8, 4) is 0 Å². The molecular weight excluding hydrogens is 310 g/mol. The van der Waals surface area contributed by atoms with E-state index in [1.54, 1.807) is 27.8 Å². The van der Waals surface area contributed by atoms with Crippen LogP contribution in [0.4, 0.5) is 0 Å². The number of nitrogens with zero attached hydrogens (tertiary/aromatic N) is 4. The average Bonchev–Trinajstić information content (AvgIpc) is 2.96. The minimum absolute atomic E-state index is 0.104. The highest BCUT2D eigenvalue weighted by Crippen LogP contribution is 2.27. The van der Waals surface area contributed by atoms with Crippen LogP contribution in [0.15, 0.2) is 29.1 Å². The highest BCUT2D eigenvalue weighted by Gasteiger charge is 2.22. The van der Waals surface area contributed by atoms with Gasteiger partial charge in [-0.3, -0.25) is 9.48 Å². The fourth-order valence-corrected chi connectivity index (χ4v) is 2.10. The zero-order valence-corrected chi connectivity index (χ0v) is 11.9. The molecule has 1 fully saturated rings. The molecule has 2 heterocycles. The lowest BCUT2D eigenvalue weighted by atomic mass is 10.3. The normalized spacial score (nSPS) is 14.6. The summed E-state index contributed by atoms with van der Waals surface area (Å²) >= 11 is 3.34. The molecule has 2 aromatic heterocycles. The van der Waals surface area contributed by atoms with Crippen LogP contribution in [-0.4, -0.2) is 32.0 Å². The van der Waals surface area contributed by atoms with Crippen LogP contribution in [0.25, 0.3) is 0 Å². The Morgan fingerprint density at radius 3 is 3.00 bits per heavy atom. The Labute approximate surface area is 118 Å². The Hall–Kier alpha value is -1.63. The summed E-state index contributed by atoms with van der Waals surface area (Å²) < 4.78 is 4.34. The first kappa shape index (κ1) is 12.4. The number of hydrogen-bond acceptors (Lipinski definition) is 3. The Kier molecular flexibility index (Phi) is 3.37. The second-order valence-electron chi connectivity index (χ2n) is 4.73. The number of amides is 1. The lowest BCUT2D eigenvalue weighted by Crippen LogP contribution is -2.26. The third-order valence-corrected chi connectivity index (χ3v) is 3.42. The molecule has 1 aliphatic carbocycles. The van der Waals surface area contributed by atoms with Crippen LogP contribution in [0.1, 0.15) is 23.3 Å². The zero-order chi connectivity index (χ0) is 13.2.